The summed E-state index contributed by atoms with van der Waals surface area (Å²) < 4.78 is 0. The summed E-state index contributed by atoms with van der Waals surface area (Å²) in [4.78, 5) is 9.87. The van der Waals surface area contributed by atoms with Gasteiger partial charge in [0.15, 0.2) is 0 Å². The Bertz CT molecular complexity index is 1560. The van der Waals surface area contributed by atoms with Crippen LogP contribution in [-0.4, -0.2) is 9.97 Å². The molecule has 2 aromatic heterocycles. The molecule has 0 saturated carbocycles. The van der Waals surface area contributed by atoms with E-state index in [4.69, 9.17) is 10.3 Å². The molecule has 3 aromatic carbocycles. The minimum absolute atomic E-state index is 0. The maximum atomic E-state index is 5.35. The van der Waals surface area contributed by atoms with E-state index in [1.54, 1.807) is 0 Å². The number of rotatable bonds is 8. The van der Waals surface area contributed by atoms with Crippen LogP contribution in [0.1, 0.15) is 50.7 Å². The van der Waals surface area contributed by atoms with Crippen molar-refractivity contribution in [1.29, 1.82) is 0 Å². The summed E-state index contributed by atoms with van der Waals surface area (Å²) >= 11 is 0. The quantitative estimate of drug-likeness (QED) is 0.142. The normalized spacial score (nSPS) is 12.8. The largest absolute Gasteiger partial charge is 2.00 e. The van der Waals surface area contributed by atoms with E-state index < -0.39 is 0 Å². The number of pyridine rings is 2. The first-order valence-electron chi connectivity index (χ1n) is 13.6. The molecule has 0 radical (unpaired) electrons. The van der Waals surface area contributed by atoms with E-state index in [-0.39, 0.29) is 21.9 Å². The van der Waals surface area contributed by atoms with Crippen LogP contribution in [0.15, 0.2) is 103 Å². The van der Waals surface area contributed by atoms with Crippen LogP contribution in [0.2, 0.25) is 0 Å². The molecule has 2 heterocycles. The Balaban J connectivity index is 0.00000308. The Kier molecular flexibility index (Phi) is 7.95. The Labute approximate surface area is 241 Å². The van der Waals surface area contributed by atoms with Gasteiger partial charge in [-0.25, -0.2) is 0 Å². The molecule has 0 fully saturated rings. The molecule has 0 unspecified atom stereocenters. The molecule has 0 amide bonds. The van der Waals surface area contributed by atoms with Crippen molar-refractivity contribution in [3.8, 4) is 33.8 Å². The van der Waals surface area contributed by atoms with E-state index in [0.717, 1.165) is 65.3 Å². The van der Waals surface area contributed by atoms with Gasteiger partial charge in [-0.1, -0.05) is 111 Å². The molecule has 0 aliphatic heterocycles. The zero-order valence-corrected chi connectivity index (χ0v) is 23.3. The van der Waals surface area contributed by atoms with E-state index in [0.29, 0.717) is 0 Å². The number of aromatic nitrogens is 2. The van der Waals surface area contributed by atoms with Crippen LogP contribution < -0.4 is 0 Å². The predicted octanol–water partition coefficient (Wildman–Crippen LogP) is 9.81. The minimum Gasteiger partial charge on any atom is -0.657 e. The van der Waals surface area contributed by atoms with E-state index in [9.17, 15) is 0 Å². The van der Waals surface area contributed by atoms with Crippen molar-refractivity contribution in [3.05, 3.63) is 126 Å². The number of para-hydroxylation sites is 1. The molecule has 0 N–H and O–H groups in total. The van der Waals surface area contributed by atoms with Gasteiger partial charge in [-0.3, -0.25) is 9.97 Å². The van der Waals surface area contributed by atoms with E-state index in [1.165, 1.54) is 16.7 Å². The second-order valence-corrected chi connectivity index (χ2v) is 10.0. The summed E-state index contributed by atoms with van der Waals surface area (Å²) in [6.07, 6.45) is 6.23. The van der Waals surface area contributed by atoms with Gasteiger partial charge in [-0.15, -0.1) is 35.6 Å². The molecule has 6 rings (SSSR count). The molecule has 1 aliphatic carbocycles. The van der Waals surface area contributed by atoms with Crippen LogP contribution in [0.4, 0.5) is 11.4 Å². The van der Waals surface area contributed by atoms with Gasteiger partial charge in [0.1, 0.15) is 0 Å². The third-order valence-corrected chi connectivity index (χ3v) is 7.58. The van der Waals surface area contributed by atoms with E-state index >= 15 is 0 Å². The van der Waals surface area contributed by atoms with Gasteiger partial charge in [-0.2, -0.15) is 0 Å². The monoisotopic (exact) mass is 551 g/mol. The molecule has 5 aromatic rings. The molecule has 0 spiro atoms. The summed E-state index contributed by atoms with van der Waals surface area (Å²) in [5.41, 5.74) is 10.6. The Morgan fingerprint density at radius 3 is 2.13 bits per heavy atom. The van der Waals surface area contributed by atoms with Crippen LogP contribution in [0.3, 0.4) is 0 Å². The summed E-state index contributed by atoms with van der Waals surface area (Å²) in [5, 5.41) is 5.10. The maximum absolute atomic E-state index is 5.35. The average molecular weight is 552 g/mol. The molecule has 3 nitrogen and oxygen atoms in total. The van der Waals surface area contributed by atoms with Crippen molar-refractivity contribution in [1.82, 2.24) is 9.97 Å². The standard InChI is InChI=1S/C35H31N3.Ni/c1-3-21-35(22-4-2)28-16-11-18-32(37-27-14-6-5-7-15-27)33(28)34-29(35)19-20-31(38-34)26-13-10-12-25(24-26)30-17-8-9-23-36-30;/h5-20,23H,3-4,21-22H2,1-2H3;/q-2;+2. The van der Waals surface area contributed by atoms with Gasteiger partial charge < -0.3 is 5.32 Å². The summed E-state index contributed by atoms with van der Waals surface area (Å²) in [6.45, 7) is 4.57. The third-order valence-electron chi connectivity index (χ3n) is 7.58. The second-order valence-electron chi connectivity index (χ2n) is 10.0. The van der Waals surface area contributed by atoms with Crippen molar-refractivity contribution < 1.29 is 16.5 Å². The van der Waals surface area contributed by atoms with Gasteiger partial charge in [0.05, 0.1) is 5.69 Å². The smallest absolute Gasteiger partial charge is 0.657 e. The van der Waals surface area contributed by atoms with Gasteiger partial charge in [0.2, 0.25) is 0 Å². The second kappa shape index (κ2) is 11.6. The third kappa shape index (κ3) is 4.90. The summed E-state index contributed by atoms with van der Waals surface area (Å²) in [5.74, 6) is 0. The number of hydrogen-bond acceptors (Lipinski definition) is 2. The fourth-order valence-corrected chi connectivity index (χ4v) is 6.06. The van der Waals surface area contributed by atoms with E-state index in [2.05, 4.69) is 85.6 Å². The molecule has 196 valence electrons. The molecule has 1 aliphatic rings. The van der Waals surface area contributed by atoms with Gasteiger partial charge >= 0.3 is 16.5 Å². The molecule has 39 heavy (non-hydrogen) atoms. The molecule has 0 bridgehead atoms. The Morgan fingerprint density at radius 1 is 0.692 bits per heavy atom. The number of fused-ring (bicyclic) bond motifs is 3. The Morgan fingerprint density at radius 2 is 1.41 bits per heavy atom. The van der Waals surface area contributed by atoms with Crippen LogP contribution in [-0.2, 0) is 21.9 Å². The van der Waals surface area contributed by atoms with Gasteiger partial charge in [-0.05, 0) is 35.6 Å². The van der Waals surface area contributed by atoms with Crippen LogP contribution in [0.25, 0.3) is 39.1 Å². The molecule has 0 saturated heterocycles. The van der Waals surface area contributed by atoms with Crippen molar-refractivity contribution in [2.45, 2.75) is 44.9 Å². The first kappa shape index (κ1) is 26.8. The molecule has 0 atom stereocenters. The van der Waals surface area contributed by atoms with E-state index in [1.807, 2.05) is 42.6 Å². The minimum atomic E-state index is -0.0402. The zero-order chi connectivity index (χ0) is 26.0. The number of benzene rings is 3. The summed E-state index contributed by atoms with van der Waals surface area (Å²) in [7, 11) is 0. The first-order chi connectivity index (χ1) is 18.7. The fourth-order valence-electron chi connectivity index (χ4n) is 6.06. The molecular weight excluding hydrogens is 521 g/mol. The van der Waals surface area contributed by atoms with Gasteiger partial charge in [0.25, 0.3) is 0 Å². The number of hydrogen-bond donors (Lipinski definition) is 0. The van der Waals surface area contributed by atoms with Crippen LogP contribution in [0, 0.1) is 6.07 Å². The fraction of sp³-hybridized carbons (Fsp3) is 0.200. The van der Waals surface area contributed by atoms with Crippen molar-refractivity contribution >= 4 is 11.4 Å². The van der Waals surface area contributed by atoms with Gasteiger partial charge in [0, 0.05) is 23.0 Å². The SMILES string of the molecule is CCCC1(CCC)c2ccc(-c3[c-]c(-c4ccccn4)ccc3)nc2-c2c([N-]c3ccccc3)cccc21.[Ni+2]. The van der Waals surface area contributed by atoms with Crippen molar-refractivity contribution in [2.75, 3.05) is 0 Å². The Hall–Kier alpha value is -3.75. The average Bonchev–Trinajstić information content (AvgIpc) is 3.24. The van der Waals surface area contributed by atoms with Crippen LogP contribution in [0.5, 0.6) is 0 Å². The van der Waals surface area contributed by atoms with Crippen LogP contribution >= 0.6 is 0 Å². The maximum Gasteiger partial charge on any atom is 2.00 e. The zero-order valence-electron chi connectivity index (χ0n) is 22.3. The topological polar surface area (TPSA) is 39.9 Å². The predicted molar refractivity (Wildman–Crippen MR) is 157 cm³/mol. The molecular formula is C35H31N3Ni. The number of nitrogens with zero attached hydrogens (tertiary/aromatic N) is 3. The van der Waals surface area contributed by atoms with Crippen molar-refractivity contribution in [3.63, 3.8) is 0 Å². The summed E-state index contributed by atoms with van der Waals surface area (Å²) in [6, 6.07) is 37.0. The molecule has 4 heteroatoms. The first-order valence-corrected chi connectivity index (χ1v) is 13.6. The van der Waals surface area contributed by atoms with Crippen molar-refractivity contribution in [2.24, 2.45) is 0 Å².